The van der Waals surface area contributed by atoms with Crippen molar-refractivity contribution in [3.63, 3.8) is 0 Å². The van der Waals surface area contributed by atoms with Gasteiger partial charge in [-0.1, -0.05) is 31.6 Å². The van der Waals surface area contributed by atoms with Crippen LogP contribution in [0.2, 0.25) is 0 Å². The van der Waals surface area contributed by atoms with E-state index in [2.05, 4.69) is 24.1 Å². The fourth-order valence-electron chi connectivity index (χ4n) is 2.61. The molecule has 2 aromatic rings. The van der Waals surface area contributed by atoms with Crippen molar-refractivity contribution in [3.8, 4) is 11.3 Å². The maximum Gasteiger partial charge on any atom is 0.185 e. The predicted molar refractivity (Wildman–Crippen MR) is 91.8 cm³/mol. The Balaban J connectivity index is 1.59. The molecule has 2 heterocycles. The molecule has 3 nitrogen and oxygen atoms in total. The molecular formula is C20H22FNO2. The maximum absolute atomic E-state index is 13.0. The van der Waals surface area contributed by atoms with Gasteiger partial charge in [-0.2, -0.15) is 0 Å². The molecule has 24 heavy (non-hydrogen) atoms. The Morgan fingerprint density at radius 2 is 1.88 bits per heavy atom. The summed E-state index contributed by atoms with van der Waals surface area (Å²) >= 11 is 0. The summed E-state index contributed by atoms with van der Waals surface area (Å²) in [4.78, 5) is 4.44. The Morgan fingerprint density at radius 1 is 1.12 bits per heavy atom. The lowest BCUT2D eigenvalue weighted by molar-refractivity contribution is -0.197. The van der Waals surface area contributed by atoms with Crippen LogP contribution in [0.5, 0.6) is 0 Å². The number of aromatic nitrogens is 1. The van der Waals surface area contributed by atoms with Crippen LogP contribution in [0.3, 0.4) is 0 Å². The molecule has 0 amide bonds. The largest absolute Gasteiger partial charge is 0.348 e. The van der Waals surface area contributed by atoms with Gasteiger partial charge in [-0.25, -0.2) is 4.39 Å². The summed E-state index contributed by atoms with van der Waals surface area (Å²) in [6.45, 7) is 3.48. The van der Waals surface area contributed by atoms with Crippen LogP contribution in [0.4, 0.5) is 4.39 Å². The van der Waals surface area contributed by atoms with E-state index in [1.165, 1.54) is 12.1 Å². The molecule has 0 bridgehead atoms. The average Bonchev–Trinajstić information content (AvgIpc) is 2.63. The summed E-state index contributed by atoms with van der Waals surface area (Å²) in [5.41, 5.74) is 2.58. The third-order valence-electron chi connectivity index (χ3n) is 3.99. The fourth-order valence-corrected chi connectivity index (χ4v) is 2.61. The highest BCUT2D eigenvalue weighted by molar-refractivity contribution is 5.58. The van der Waals surface area contributed by atoms with E-state index in [4.69, 9.17) is 9.47 Å². The second-order valence-corrected chi connectivity index (χ2v) is 5.96. The first-order chi connectivity index (χ1) is 11.8. The molecule has 0 radical (unpaired) electrons. The Morgan fingerprint density at radius 3 is 2.50 bits per heavy atom. The van der Waals surface area contributed by atoms with E-state index in [9.17, 15) is 4.39 Å². The van der Waals surface area contributed by atoms with E-state index >= 15 is 0 Å². The van der Waals surface area contributed by atoms with E-state index in [1.807, 2.05) is 12.1 Å². The van der Waals surface area contributed by atoms with Crippen LogP contribution in [0, 0.1) is 11.7 Å². The van der Waals surface area contributed by atoms with E-state index in [-0.39, 0.29) is 12.1 Å². The van der Waals surface area contributed by atoms with Crippen molar-refractivity contribution in [1.82, 2.24) is 4.98 Å². The zero-order chi connectivity index (χ0) is 16.8. The molecule has 1 saturated heterocycles. The molecule has 1 aromatic heterocycles. The summed E-state index contributed by atoms with van der Waals surface area (Å²) in [5.74, 6) is 0.0705. The Hall–Kier alpha value is -2.04. The van der Waals surface area contributed by atoms with Gasteiger partial charge in [0, 0.05) is 23.2 Å². The Labute approximate surface area is 142 Å². The number of nitrogens with zero attached hydrogens (tertiary/aromatic N) is 1. The van der Waals surface area contributed by atoms with Crippen molar-refractivity contribution in [2.75, 3.05) is 13.2 Å². The maximum atomic E-state index is 13.0. The summed E-state index contributed by atoms with van der Waals surface area (Å²) in [5, 5.41) is 0. The molecule has 0 spiro atoms. The molecule has 0 atom stereocenters. The van der Waals surface area contributed by atoms with Gasteiger partial charge >= 0.3 is 0 Å². The number of hydrogen-bond acceptors (Lipinski definition) is 3. The summed E-state index contributed by atoms with van der Waals surface area (Å²) in [7, 11) is 0. The molecule has 3 rings (SSSR count). The highest BCUT2D eigenvalue weighted by Gasteiger charge is 2.22. The molecule has 0 aliphatic carbocycles. The molecule has 4 heteroatoms. The van der Waals surface area contributed by atoms with E-state index in [1.54, 1.807) is 18.3 Å². The second-order valence-electron chi connectivity index (χ2n) is 5.96. The SMILES string of the molecule is CCC/C=C/C1COC(c2ccc(-c3ccc(F)cc3)nc2)OC1. The quantitative estimate of drug-likeness (QED) is 0.732. The minimum absolute atomic E-state index is 0.248. The predicted octanol–water partition coefficient (Wildman–Crippen LogP) is 4.91. The molecular weight excluding hydrogens is 305 g/mol. The zero-order valence-corrected chi connectivity index (χ0v) is 13.8. The summed E-state index contributed by atoms with van der Waals surface area (Å²) in [6, 6.07) is 10.2. The lowest BCUT2D eigenvalue weighted by Crippen LogP contribution is -2.25. The van der Waals surface area contributed by atoms with Crippen molar-refractivity contribution in [1.29, 1.82) is 0 Å². The first-order valence-corrected chi connectivity index (χ1v) is 8.38. The standard InChI is InChI=1S/C20H22FNO2/c1-2-3-4-5-15-13-23-20(24-14-15)17-8-11-19(22-12-17)16-6-9-18(21)10-7-16/h4-12,15,20H,2-3,13-14H2,1H3/b5-4+. The zero-order valence-electron chi connectivity index (χ0n) is 13.8. The van der Waals surface area contributed by atoms with Gasteiger partial charge < -0.3 is 9.47 Å². The van der Waals surface area contributed by atoms with Crippen LogP contribution in [0.1, 0.15) is 31.6 Å². The number of ether oxygens (including phenoxy) is 2. The number of pyridine rings is 1. The van der Waals surface area contributed by atoms with Gasteiger partial charge in [0.05, 0.1) is 18.9 Å². The number of rotatable bonds is 5. The van der Waals surface area contributed by atoms with Gasteiger partial charge in [0.1, 0.15) is 5.82 Å². The van der Waals surface area contributed by atoms with Gasteiger partial charge in [0.2, 0.25) is 0 Å². The van der Waals surface area contributed by atoms with E-state index in [0.29, 0.717) is 19.1 Å². The number of allylic oxidation sites excluding steroid dienone is 1. The normalized spacial score (nSPS) is 21.2. The topological polar surface area (TPSA) is 31.4 Å². The van der Waals surface area contributed by atoms with Gasteiger partial charge in [-0.05, 0) is 36.8 Å². The van der Waals surface area contributed by atoms with E-state index < -0.39 is 0 Å². The molecule has 1 aromatic carbocycles. The lowest BCUT2D eigenvalue weighted by Gasteiger charge is -2.28. The first kappa shape index (κ1) is 16.8. The Kier molecular flexibility index (Phi) is 5.72. The van der Waals surface area contributed by atoms with Gasteiger partial charge in [-0.3, -0.25) is 4.98 Å². The highest BCUT2D eigenvalue weighted by Crippen LogP contribution is 2.26. The minimum atomic E-state index is -0.365. The molecule has 1 aliphatic rings. The van der Waals surface area contributed by atoms with Gasteiger partial charge in [-0.15, -0.1) is 0 Å². The first-order valence-electron chi connectivity index (χ1n) is 8.38. The molecule has 1 fully saturated rings. The van der Waals surface area contributed by atoms with Crippen LogP contribution >= 0.6 is 0 Å². The highest BCUT2D eigenvalue weighted by atomic mass is 19.1. The monoisotopic (exact) mass is 327 g/mol. The van der Waals surface area contributed by atoms with E-state index in [0.717, 1.165) is 29.7 Å². The van der Waals surface area contributed by atoms with Crippen molar-refractivity contribution in [3.05, 3.63) is 66.1 Å². The average molecular weight is 327 g/mol. The van der Waals surface area contributed by atoms with Crippen molar-refractivity contribution in [2.24, 2.45) is 5.92 Å². The van der Waals surface area contributed by atoms with Crippen LogP contribution in [-0.4, -0.2) is 18.2 Å². The second kappa shape index (κ2) is 8.18. The number of hydrogen-bond donors (Lipinski definition) is 0. The molecule has 0 N–H and O–H groups in total. The molecule has 0 saturated carbocycles. The van der Waals surface area contributed by atoms with Crippen molar-refractivity contribution >= 4 is 0 Å². The van der Waals surface area contributed by atoms with Crippen molar-refractivity contribution in [2.45, 2.75) is 26.1 Å². The fraction of sp³-hybridized carbons (Fsp3) is 0.350. The van der Waals surface area contributed by atoms with Gasteiger partial charge in [0.25, 0.3) is 0 Å². The smallest absolute Gasteiger partial charge is 0.185 e. The number of unbranched alkanes of at least 4 members (excludes halogenated alkanes) is 1. The Bertz CT molecular complexity index is 659. The molecule has 126 valence electrons. The minimum Gasteiger partial charge on any atom is -0.348 e. The number of halogens is 1. The molecule has 1 aliphatic heterocycles. The molecule has 0 unspecified atom stereocenters. The summed E-state index contributed by atoms with van der Waals surface area (Å²) < 4.78 is 24.6. The van der Waals surface area contributed by atoms with Crippen LogP contribution in [0.25, 0.3) is 11.3 Å². The van der Waals surface area contributed by atoms with Crippen LogP contribution in [-0.2, 0) is 9.47 Å². The number of benzene rings is 1. The van der Waals surface area contributed by atoms with Gasteiger partial charge in [0.15, 0.2) is 6.29 Å². The van der Waals surface area contributed by atoms with Crippen molar-refractivity contribution < 1.29 is 13.9 Å². The summed E-state index contributed by atoms with van der Waals surface area (Å²) in [6.07, 6.45) is 8.01. The van der Waals surface area contributed by atoms with Crippen LogP contribution in [0.15, 0.2) is 54.7 Å². The van der Waals surface area contributed by atoms with Crippen LogP contribution < -0.4 is 0 Å². The third kappa shape index (κ3) is 4.28. The third-order valence-corrected chi connectivity index (χ3v) is 3.99. The lowest BCUT2D eigenvalue weighted by atomic mass is 10.1.